The number of anilines is 2. The van der Waals surface area contributed by atoms with Gasteiger partial charge >= 0.3 is 0 Å². The molecule has 0 saturated heterocycles. The first kappa shape index (κ1) is 22.5. The van der Waals surface area contributed by atoms with E-state index >= 15 is 0 Å². The molecule has 0 spiro atoms. The molecule has 2 heterocycles. The number of nitrogens with zero attached hydrogens (tertiary/aromatic N) is 4. The van der Waals surface area contributed by atoms with Gasteiger partial charge in [0.1, 0.15) is 18.0 Å². The van der Waals surface area contributed by atoms with Gasteiger partial charge in [0, 0.05) is 23.8 Å². The van der Waals surface area contributed by atoms with Crippen LogP contribution < -0.4 is 15.6 Å². The van der Waals surface area contributed by atoms with Gasteiger partial charge in [-0.05, 0) is 89.4 Å². The molecule has 0 amide bonds. The van der Waals surface area contributed by atoms with Gasteiger partial charge in [0.15, 0.2) is 5.78 Å². The van der Waals surface area contributed by atoms with Crippen molar-refractivity contribution in [3.63, 3.8) is 0 Å². The molecule has 2 bridgehead atoms. The van der Waals surface area contributed by atoms with Crippen LogP contribution in [0.25, 0.3) is 11.0 Å². The SMILES string of the molecule is CC(=O)c1c(C)c2cnc(Nc3ccc(OCCN(C)C)c(C)c3)nc2n(C23CC(C2)C3)c1=O. The Balaban J connectivity index is 1.49. The molecule has 0 radical (unpaired) electrons. The van der Waals surface area contributed by atoms with Gasteiger partial charge in [0.05, 0.1) is 11.1 Å². The Morgan fingerprint density at radius 2 is 2.00 bits per heavy atom. The molecular formula is C26H31N5O3. The molecule has 3 aliphatic carbocycles. The number of carbonyl (C=O) groups is 1. The lowest BCUT2D eigenvalue weighted by Crippen LogP contribution is -2.62. The van der Waals surface area contributed by atoms with Crippen LogP contribution in [0.15, 0.2) is 29.2 Å². The topological polar surface area (TPSA) is 89.3 Å². The van der Waals surface area contributed by atoms with Crippen LogP contribution >= 0.6 is 0 Å². The van der Waals surface area contributed by atoms with Crippen LogP contribution in [-0.4, -0.2) is 52.5 Å². The van der Waals surface area contributed by atoms with E-state index in [0.29, 0.717) is 29.7 Å². The summed E-state index contributed by atoms with van der Waals surface area (Å²) in [6, 6.07) is 5.87. The second-order valence-electron chi connectivity index (χ2n) is 10.1. The number of ketones is 1. The summed E-state index contributed by atoms with van der Waals surface area (Å²) in [5.74, 6) is 1.74. The van der Waals surface area contributed by atoms with E-state index in [1.807, 2.05) is 46.1 Å². The fourth-order valence-electron chi connectivity index (χ4n) is 5.29. The Bertz CT molecular complexity index is 1340. The Kier molecular flexibility index (Phi) is 5.43. The molecule has 1 N–H and O–H groups in total. The molecule has 3 saturated carbocycles. The molecule has 1 aromatic carbocycles. The van der Waals surface area contributed by atoms with E-state index in [1.165, 1.54) is 6.92 Å². The number of nitrogens with one attached hydrogen (secondary N) is 1. The van der Waals surface area contributed by atoms with Crippen LogP contribution in [-0.2, 0) is 5.54 Å². The maximum atomic E-state index is 13.4. The average molecular weight is 462 g/mol. The molecule has 0 atom stereocenters. The van der Waals surface area contributed by atoms with Crippen molar-refractivity contribution in [1.29, 1.82) is 0 Å². The van der Waals surface area contributed by atoms with Crippen molar-refractivity contribution in [3.8, 4) is 5.75 Å². The van der Waals surface area contributed by atoms with Crippen molar-refractivity contribution in [2.75, 3.05) is 32.6 Å². The Morgan fingerprint density at radius 3 is 2.59 bits per heavy atom. The van der Waals surface area contributed by atoms with Gasteiger partial charge < -0.3 is 15.0 Å². The number of likely N-dealkylation sites (N-methyl/N-ethyl adjacent to an activating group) is 1. The van der Waals surface area contributed by atoms with E-state index in [0.717, 1.165) is 48.2 Å². The molecular weight excluding hydrogens is 430 g/mol. The number of benzene rings is 1. The summed E-state index contributed by atoms with van der Waals surface area (Å²) in [6.45, 7) is 6.73. The first-order valence-corrected chi connectivity index (χ1v) is 11.8. The molecule has 0 aliphatic heterocycles. The van der Waals surface area contributed by atoms with E-state index < -0.39 is 0 Å². The number of ether oxygens (including phenoxy) is 1. The van der Waals surface area contributed by atoms with Gasteiger partial charge in [0.2, 0.25) is 5.95 Å². The number of Topliss-reactive ketones (excluding diaryl/α,β-unsaturated/α-hetero) is 1. The van der Waals surface area contributed by atoms with Gasteiger partial charge in [0.25, 0.3) is 5.56 Å². The lowest BCUT2D eigenvalue weighted by atomic mass is 9.49. The summed E-state index contributed by atoms with van der Waals surface area (Å²) in [7, 11) is 4.03. The van der Waals surface area contributed by atoms with Crippen LogP contribution in [0.2, 0.25) is 0 Å². The first-order chi connectivity index (χ1) is 16.2. The van der Waals surface area contributed by atoms with E-state index in [9.17, 15) is 9.59 Å². The fraction of sp³-hybridized carbons (Fsp3) is 0.462. The lowest BCUT2D eigenvalue weighted by molar-refractivity contribution is -0.0884. The smallest absolute Gasteiger partial charge is 0.263 e. The minimum atomic E-state index is -0.227. The Labute approximate surface area is 199 Å². The minimum Gasteiger partial charge on any atom is -0.492 e. The number of carbonyl (C=O) groups excluding carboxylic acids is 1. The first-order valence-electron chi connectivity index (χ1n) is 11.8. The molecule has 8 heteroatoms. The molecule has 8 nitrogen and oxygen atoms in total. The maximum Gasteiger partial charge on any atom is 0.263 e. The predicted octanol–water partition coefficient (Wildman–Crippen LogP) is 3.80. The van der Waals surface area contributed by atoms with Crippen molar-refractivity contribution >= 4 is 28.5 Å². The van der Waals surface area contributed by atoms with Gasteiger partial charge in [-0.1, -0.05) is 0 Å². The lowest BCUT2D eigenvalue weighted by Gasteiger charge is -2.62. The number of hydrogen-bond donors (Lipinski definition) is 1. The quantitative estimate of drug-likeness (QED) is 0.510. The summed E-state index contributed by atoms with van der Waals surface area (Å²) >= 11 is 0. The third kappa shape index (κ3) is 3.66. The highest BCUT2D eigenvalue weighted by Crippen LogP contribution is 2.62. The van der Waals surface area contributed by atoms with Gasteiger partial charge in [-0.15, -0.1) is 0 Å². The van der Waals surface area contributed by atoms with Crippen LogP contribution in [0.1, 0.15) is 47.7 Å². The molecule has 178 valence electrons. The molecule has 0 unspecified atom stereocenters. The minimum absolute atomic E-state index is 0.203. The molecule has 34 heavy (non-hydrogen) atoms. The average Bonchev–Trinajstić information content (AvgIpc) is 2.69. The third-order valence-electron chi connectivity index (χ3n) is 7.24. The summed E-state index contributed by atoms with van der Waals surface area (Å²) in [5.41, 5.74) is 2.93. The molecule has 6 rings (SSSR count). The van der Waals surface area contributed by atoms with Crippen molar-refractivity contribution in [2.24, 2.45) is 5.92 Å². The van der Waals surface area contributed by atoms with Crippen LogP contribution in [0.4, 0.5) is 11.6 Å². The standard InChI is InChI=1S/C26H31N5O3/c1-15-10-19(6-7-21(15)34-9-8-30(4)5)28-25-27-14-20-16(2)22(17(3)32)24(33)31(23(20)29-25)26-11-18(12-26)13-26/h6-7,10,14,18H,8-9,11-13H2,1-5H3,(H,27,28,29). The number of hydrogen-bond acceptors (Lipinski definition) is 7. The normalized spacial score (nSPS) is 20.7. The molecule has 2 aromatic heterocycles. The Morgan fingerprint density at radius 1 is 1.26 bits per heavy atom. The molecule has 3 fully saturated rings. The molecule has 3 aromatic rings. The van der Waals surface area contributed by atoms with Gasteiger partial charge in [-0.2, -0.15) is 4.98 Å². The van der Waals surface area contributed by atoms with Crippen LogP contribution in [0.3, 0.4) is 0 Å². The monoisotopic (exact) mass is 461 g/mol. The summed E-state index contributed by atoms with van der Waals surface area (Å²) in [5, 5.41) is 4.02. The maximum absolute atomic E-state index is 13.4. The second-order valence-corrected chi connectivity index (χ2v) is 10.1. The zero-order valence-corrected chi connectivity index (χ0v) is 20.4. The Hall–Kier alpha value is -3.26. The van der Waals surface area contributed by atoms with Crippen molar-refractivity contribution in [1.82, 2.24) is 19.4 Å². The fourth-order valence-corrected chi connectivity index (χ4v) is 5.29. The third-order valence-corrected chi connectivity index (χ3v) is 7.24. The van der Waals surface area contributed by atoms with Crippen molar-refractivity contribution in [2.45, 2.75) is 45.6 Å². The van der Waals surface area contributed by atoms with Gasteiger partial charge in [-0.25, -0.2) is 4.98 Å². The van der Waals surface area contributed by atoms with Gasteiger partial charge in [-0.3, -0.25) is 14.2 Å². The van der Waals surface area contributed by atoms with E-state index in [-0.39, 0.29) is 22.4 Å². The summed E-state index contributed by atoms with van der Waals surface area (Å²) in [6.07, 6.45) is 4.65. The zero-order chi connectivity index (χ0) is 24.2. The largest absolute Gasteiger partial charge is 0.492 e. The van der Waals surface area contributed by atoms with Crippen molar-refractivity contribution < 1.29 is 9.53 Å². The highest BCUT2D eigenvalue weighted by Gasteiger charge is 2.59. The summed E-state index contributed by atoms with van der Waals surface area (Å²) < 4.78 is 7.66. The van der Waals surface area contributed by atoms with Crippen LogP contribution in [0.5, 0.6) is 5.75 Å². The molecule has 3 aliphatic rings. The number of pyridine rings is 1. The van der Waals surface area contributed by atoms with Crippen LogP contribution in [0, 0.1) is 19.8 Å². The highest BCUT2D eigenvalue weighted by molar-refractivity contribution is 5.99. The van der Waals surface area contributed by atoms with E-state index in [4.69, 9.17) is 9.72 Å². The highest BCUT2D eigenvalue weighted by atomic mass is 16.5. The van der Waals surface area contributed by atoms with E-state index in [2.05, 4.69) is 15.2 Å². The number of fused-ring (bicyclic) bond motifs is 1. The van der Waals surface area contributed by atoms with E-state index in [1.54, 1.807) is 10.8 Å². The number of aromatic nitrogens is 3. The summed E-state index contributed by atoms with van der Waals surface area (Å²) in [4.78, 5) is 37.1. The number of aryl methyl sites for hydroxylation is 2. The number of rotatable bonds is 8. The zero-order valence-electron chi connectivity index (χ0n) is 20.4. The predicted molar refractivity (Wildman–Crippen MR) is 132 cm³/mol. The van der Waals surface area contributed by atoms with Crippen molar-refractivity contribution in [3.05, 3.63) is 51.4 Å². The second kappa shape index (κ2) is 8.20.